The maximum Gasteiger partial charge on any atom is 0.330 e. The van der Waals surface area contributed by atoms with E-state index in [1.165, 1.54) is 22.7 Å². The number of nitrogens with zero attached hydrogens (tertiary/aromatic N) is 3. The third kappa shape index (κ3) is 2.85. The Bertz CT molecular complexity index is 839. The Balaban J connectivity index is 2.59. The van der Waals surface area contributed by atoms with Gasteiger partial charge in [0, 0.05) is 30.4 Å². The van der Waals surface area contributed by atoms with Gasteiger partial charge < -0.3 is 9.47 Å². The molecule has 6 nitrogen and oxygen atoms in total. The first-order valence-corrected chi connectivity index (χ1v) is 7.79. The molecule has 1 aromatic carbocycles. The number of anilines is 1. The van der Waals surface area contributed by atoms with Crippen LogP contribution in [0.2, 0.25) is 0 Å². The minimum Gasteiger partial charge on any atom is -0.302 e. The lowest BCUT2D eigenvalue weighted by Gasteiger charge is -2.21. The van der Waals surface area contributed by atoms with Gasteiger partial charge in [-0.05, 0) is 41.6 Å². The van der Waals surface area contributed by atoms with Crippen molar-refractivity contribution in [1.29, 1.82) is 0 Å². The van der Waals surface area contributed by atoms with Crippen molar-refractivity contribution >= 4 is 34.2 Å². The molecular weight excluding hydrogens is 397 g/mol. The SMILES string of the molecule is CCN(C(=O)c1ccccc1I)c1cn(C)c(=O)n(C)c1=O. The molecule has 0 saturated heterocycles. The van der Waals surface area contributed by atoms with Gasteiger partial charge in [-0.15, -0.1) is 0 Å². The number of benzene rings is 1. The molecule has 1 heterocycles. The highest BCUT2D eigenvalue weighted by molar-refractivity contribution is 14.1. The average molecular weight is 413 g/mol. The predicted octanol–water partition coefficient (Wildman–Crippen LogP) is 1.36. The Morgan fingerprint density at radius 2 is 1.86 bits per heavy atom. The Morgan fingerprint density at radius 1 is 1.23 bits per heavy atom. The molecule has 1 aromatic heterocycles. The predicted molar refractivity (Wildman–Crippen MR) is 93.4 cm³/mol. The summed E-state index contributed by atoms with van der Waals surface area (Å²) in [5.74, 6) is -0.261. The normalized spacial score (nSPS) is 10.5. The van der Waals surface area contributed by atoms with E-state index in [1.807, 2.05) is 12.1 Å². The van der Waals surface area contributed by atoms with Crippen molar-refractivity contribution in [3.05, 3.63) is 60.4 Å². The number of aryl methyl sites for hydroxylation is 1. The highest BCUT2D eigenvalue weighted by Crippen LogP contribution is 2.17. The van der Waals surface area contributed by atoms with Crippen LogP contribution in [-0.4, -0.2) is 21.6 Å². The van der Waals surface area contributed by atoms with Gasteiger partial charge in [0.05, 0.1) is 5.56 Å². The second-order valence-corrected chi connectivity index (χ2v) is 5.96. The fourth-order valence-electron chi connectivity index (χ4n) is 2.18. The summed E-state index contributed by atoms with van der Waals surface area (Å²) in [4.78, 5) is 38.2. The third-order valence-corrected chi connectivity index (χ3v) is 4.33. The zero-order valence-corrected chi connectivity index (χ0v) is 14.7. The van der Waals surface area contributed by atoms with Crippen molar-refractivity contribution in [2.75, 3.05) is 11.4 Å². The quantitative estimate of drug-likeness (QED) is 0.714. The molecule has 0 fully saturated rings. The number of hydrogen-bond acceptors (Lipinski definition) is 3. The van der Waals surface area contributed by atoms with E-state index in [1.54, 1.807) is 26.1 Å². The lowest BCUT2D eigenvalue weighted by atomic mass is 10.2. The van der Waals surface area contributed by atoms with E-state index in [9.17, 15) is 14.4 Å². The first-order chi connectivity index (χ1) is 10.4. The van der Waals surface area contributed by atoms with Crippen molar-refractivity contribution in [2.24, 2.45) is 14.1 Å². The van der Waals surface area contributed by atoms with Crippen LogP contribution in [-0.2, 0) is 14.1 Å². The molecule has 2 aromatic rings. The summed E-state index contributed by atoms with van der Waals surface area (Å²) in [5, 5.41) is 0. The van der Waals surface area contributed by atoms with Gasteiger partial charge in [0.25, 0.3) is 11.5 Å². The van der Waals surface area contributed by atoms with Crippen LogP contribution < -0.4 is 16.1 Å². The Hall–Kier alpha value is -1.90. The highest BCUT2D eigenvalue weighted by Gasteiger charge is 2.22. The lowest BCUT2D eigenvalue weighted by Crippen LogP contribution is -2.43. The number of halogens is 1. The minimum absolute atomic E-state index is 0.191. The molecule has 0 N–H and O–H groups in total. The number of rotatable bonds is 3. The molecule has 0 radical (unpaired) electrons. The Labute approximate surface area is 141 Å². The molecule has 0 bridgehead atoms. The van der Waals surface area contributed by atoms with Crippen LogP contribution in [0.1, 0.15) is 17.3 Å². The molecule has 0 aliphatic heterocycles. The molecule has 0 atom stereocenters. The van der Waals surface area contributed by atoms with Gasteiger partial charge in [0.15, 0.2) is 0 Å². The van der Waals surface area contributed by atoms with Crippen LogP contribution in [0.15, 0.2) is 40.1 Å². The van der Waals surface area contributed by atoms with Gasteiger partial charge in [-0.2, -0.15) is 0 Å². The van der Waals surface area contributed by atoms with Crippen LogP contribution in [0.4, 0.5) is 5.69 Å². The maximum absolute atomic E-state index is 12.7. The van der Waals surface area contributed by atoms with Crippen molar-refractivity contribution in [2.45, 2.75) is 6.92 Å². The summed E-state index contributed by atoms with van der Waals surface area (Å²) < 4.78 is 3.11. The van der Waals surface area contributed by atoms with Crippen LogP contribution >= 0.6 is 22.6 Å². The van der Waals surface area contributed by atoms with Gasteiger partial charge >= 0.3 is 5.69 Å². The van der Waals surface area contributed by atoms with Crippen molar-refractivity contribution in [3.63, 3.8) is 0 Å². The van der Waals surface area contributed by atoms with Crippen molar-refractivity contribution < 1.29 is 4.79 Å². The summed E-state index contributed by atoms with van der Waals surface area (Å²) in [7, 11) is 2.95. The summed E-state index contributed by atoms with van der Waals surface area (Å²) in [6.45, 7) is 2.12. The number of hydrogen-bond donors (Lipinski definition) is 0. The van der Waals surface area contributed by atoms with E-state index in [2.05, 4.69) is 22.6 Å². The largest absolute Gasteiger partial charge is 0.330 e. The minimum atomic E-state index is -0.482. The zero-order valence-electron chi connectivity index (χ0n) is 12.5. The van der Waals surface area contributed by atoms with E-state index in [4.69, 9.17) is 0 Å². The first-order valence-electron chi connectivity index (χ1n) is 6.71. The molecule has 1 amide bonds. The number of carbonyl (C=O) groups excluding carboxylic acids is 1. The van der Waals surface area contributed by atoms with E-state index < -0.39 is 11.2 Å². The molecular formula is C15H16IN3O3. The maximum atomic E-state index is 12.7. The third-order valence-electron chi connectivity index (χ3n) is 3.38. The Morgan fingerprint density at radius 3 is 2.45 bits per heavy atom. The molecule has 0 aliphatic carbocycles. The molecule has 0 unspecified atom stereocenters. The summed E-state index contributed by atoms with van der Waals surface area (Å²) in [5.41, 5.74) is -0.187. The number of amides is 1. The van der Waals surface area contributed by atoms with Crippen LogP contribution in [0.5, 0.6) is 0 Å². The fourth-order valence-corrected chi connectivity index (χ4v) is 2.80. The summed E-state index contributed by atoms with van der Waals surface area (Å²) in [6.07, 6.45) is 1.40. The molecule has 7 heteroatoms. The standard InChI is InChI=1S/C15H16IN3O3/c1-4-19(13(20)10-7-5-6-8-11(10)16)12-9-17(2)15(22)18(3)14(12)21/h5-9H,4H2,1-3H3. The first kappa shape index (κ1) is 16.5. The number of carbonyl (C=O) groups is 1. The molecule has 0 spiro atoms. The Kier molecular flexibility index (Phi) is 4.84. The molecule has 116 valence electrons. The van der Waals surface area contributed by atoms with Crippen molar-refractivity contribution in [3.8, 4) is 0 Å². The highest BCUT2D eigenvalue weighted by atomic mass is 127. The molecule has 2 rings (SSSR count). The van der Waals surface area contributed by atoms with Crippen molar-refractivity contribution in [1.82, 2.24) is 9.13 Å². The second kappa shape index (κ2) is 6.47. The lowest BCUT2D eigenvalue weighted by molar-refractivity contribution is 0.0987. The van der Waals surface area contributed by atoms with Gasteiger partial charge in [0.1, 0.15) is 5.69 Å². The smallest absolute Gasteiger partial charge is 0.302 e. The summed E-state index contributed by atoms with van der Waals surface area (Å²) >= 11 is 2.09. The van der Waals surface area contributed by atoms with Gasteiger partial charge in [-0.3, -0.25) is 14.2 Å². The topological polar surface area (TPSA) is 64.3 Å². The summed E-state index contributed by atoms with van der Waals surface area (Å²) in [6, 6.07) is 7.18. The van der Waals surface area contributed by atoms with E-state index >= 15 is 0 Å². The monoisotopic (exact) mass is 413 g/mol. The molecule has 0 saturated carbocycles. The average Bonchev–Trinajstić information content (AvgIpc) is 2.51. The van der Waals surface area contributed by atoms with E-state index in [-0.39, 0.29) is 11.6 Å². The van der Waals surface area contributed by atoms with Crippen LogP contribution in [0, 0.1) is 3.57 Å². The van der Waals surface area contributed by atoms with Gasteiger partial charge in [0.2, 0.25) is 0 Å². The molecule has 0 aliphatic rings. The molecule has 22 heavy (non-hydrogen) atoms. The zero-order chi connectivity index (χ0) is 16.4. The van der Waals surface area contributed by atoms with Crippen LogP contribution in [0.3, 0.4) is 0 Å². The van der Waals surface area contributed by atoms with E-state index in [0.29, 0.717) is 12.1 Å². The van der Waals surface area contributed by atoms with Crippen LogP contribution in [0.25, 0.3) is 0 Å². The number of aromatic nitrogens is 2. The second-order valence-electron chi connectivity index (χ2n) is 4.80. The van der Waals surface area contributed by atoms with E-state index in [0.717, 1.165) is 8.14 Å². The fraction of sp³-hybridized carbons (Fsp3) is 0.267. The van der Waals surface area contributed by atoms with Gasteiger partial charge in [-0.25, -0.2) is 4.79 Å². The van der Waals surface area contributed by atoms with Gasteiger partial charge in [-0.1, -0.05) is 12.1 Å².